The molecule has 0 aliphatic carbocycles. The smallest absolute Gasteiger partial charge is 0.286 e. The van der Waals surface area contributed by atoms with Crippen LogP contribution >= 0.6 is 27.3 Å². The van der Waals surface area contributed by atoms with Gasteiger partial charge in [-0.3, -0.25) is 4.79 Å². The van der Waals surface area contributed by atoms with Crippen LogP contribution in [-0.2, 0) is 0 Å². The van der Waals surface area contributed by atoms with Crippen molar-refractivity contribution in [1.82, 2.24) is 10.2 Å². The van der Waals surface area contributed by atoms with Gasteiger partial charge in [-0.25, -0.2) is 0 Å². The molecule has 0 spiro atoms. The monoisotopic (exact) mass is 326 g/mol. The van der Waals surface area contributed by atoms with Gasteiger partial charge in [-0.2, -0.15) is 0 Å². The van der Waals surface area contributed by atoms with Gasteiger partial charge < -0.3 is 10.6 Å². The molecule has 18 heavy (non-hydrogen) atoms. The first-order chi connectivity index (χ1) is 8.69. The largest absolute Gasteiger partial charge is 0.360 e. The summed E-state index contributed by atoms with van der Waals surface area (Å²) in [4.78, 5) is 11.9. The molecule has 2 rings (SSSR count). The number of amides is 1. The zero-order valence-corrected chi connectivity index (χ0v) is 12.0. The van der Waals surface area contributed by atoms with Gasteiger partial charge in [-0.1, -0.05) is 33.3 Å². The lowest BCUT2D eigenvalue weighted by molar-refractivity contribution is 0.102. The van der Waals surface area contributed by atoms with E-state index in [9.17, 15) is 4.79 Å². The average Bonchev–Trinajstić information content (AvgIpc) is 2.78. The maximum absolute atomic E-state index is 11.9. The normalized spacial score (nSPS) is 10.1. The number of anilines is 2. The first-order valence-corrected chi connectivity index (χ1v) is 6.94. The van der Waals surface area contributed by atoms with Crippen LogP contribution in [0.1, 0.15) is 16.7 Å². The second-order valence-corrected chi connectivity index (χ2v) is 5.30. The second-order valence-electron chi connectivity index (χ2n) is 3.41. The van der Waals surface area contributed by atoms with Gasteiger partial charge in [0.25, 0.3) is 5.91 Å². The fraction of sp³-hybridized carbons (Fsp3) is 0.182. The molecule has 0 aliphatic rings. The lowest BCUT2D eigenvalue weighted by Crippen LogP contribution is -2.11. The zero-order chi connectivity index (χ0) is 13.0. The van der Waals surface area contributed by atoms with E-state index in [1.165, 1.54) is 11.3 Å². The van der Waals surface area contributed by atoms with Crippen LogP contribution in [-0.4, -0.2) is 22.6 Å². The molecule has 0 saturated heterocycles. The van der Waals surface area contributed by atoms with Crippen LogP contribution in [0.4, 0.5) is 10.8 Å². The van der Waals surface area contributed by atoms with Gasteiger partial charge in [-0.15, -0.1) is 10.2 Å². The third-order valence-electron chi connectivity index (χ3n) is 2.03. The number of carbonyl (C=O) groups excluding carboxylic acids is 1. The van der Waals surface area contributed by atoms with E-state index in [1.807, 2.05) is 31.2 Å². The van der Waals surface area contributed by atoms with Crippen molar-refractivity contribution < 1.29 is 4.79 Å². The van der Waals surface area contributed by atoms with Gasteiger partial charge in [0.15, 0.2) is 0 Å². The van der Waals surface area contributed by atoms with Gasteiger partial charge >= 0.3 is 0 Å². The summed E-state index contributed by atoms with van der Waals surface area (Å²) in [6.07, 6.45) is 0. The molecule has 0 unspecified atom stereocenters. The van der Waals surface area contributed by atoms with Crippen LogP contribution in [0.15, 0.2) is 28.7 Å². The molecule has 1 amide bonds. The van der Waals surface area contributed by atoms with E-state index >= 15 is 0 Å². The highest BCUT2D eigenvalue weighted by molar-refractivity contribution is 9.10. The maximum atomic E-state index is 11.9. The Labute approximate surface area is 117 Å². The minimum Gasteiger partial charge on any atom is -0.360 e. The summed E-state index contributed by atoms with van der Waals surface area (Å²) >= 11 is 4.58. The Hall–Kier alpha value is -1.47. The molecule has 1 aromatic heterocycles. The standard InChI is InChI=1S/C11H11BrN4OS/c1-2-13-11-16-15-10(18-11)9(17)14-8-5-3-4-7(12)6-8/h3-6H,2H2,1H3,(H,13,16)(H,14,17). The quantitative estimate of drug-likeness (QED) is 0.906. The Balaban J connectivity index is 2.07. The van der Waals surface area contributed by atoms with E-state index in [1.54, 1.807) is 0 Å². The highest BCUT2D eigenvalue weighted by Gasteiger charge is 2.12. The number of aromatic nitrogens is 2. The SMILES string of the molecule is CCNc1nnc(C(=O)Nc2cccc(Br)c2)s1. The number of nitrogens with one attached hydrogen (secondary N) is 2. The fourth-order valence-electron chi connectivity index (χ4n) is 1.29. The first-order valence-electron chi connectivity index (χ1n) is 5.33. The van der Waals surface area contributed by atoms with Gasteiger partial charge in [-0.05, 0) is 25.1 Å². The average molecular weight is 327 g/mol. The molecule has 0 atom stereocenters. The van der Waals surface area contributed by atoms with Crippen molar-refractivity contribution >= 4 is 44.0 Å². The van der Waals surface area contributed by atoms with Gasteiger partial charge in [0.05, 0.1) is 0 Å². The van der Waals surface area contributed by atoms with E-state index in [0.29, 0.717) is 10.1 Å². The van der Waals surface area contributed by atoms with E-state index in [4.69, 9.17) is 0 Å². The summed E-state index contributed by atoms with van der Waals surface area (Å²) < 4.78 is 0.908. The van der Waals surface area contributed by atoms with E-state index < -0.39 is 0 Å². The Morgan fingerprint density at radius 1 is 1.44 bits per heavy atom. The molecule has 0 aliphatic heterocycles. The third-order valence-corrected chi connectivity index (χ3v) is 3.40. The number of halogens is 1. The summed E-state index contributed by atoms with van der Waals surface area (Å²) in [5.41, 5.74) is 0.717. The summed E-state index contributed by atoms with van der Waals surface area (Å²) in [7, 11) is 0. The third kappa shape index (κ3) is 3.27. The zero-order valence-electron chi connectivity index (χ0n) is 9.61. The van der Waals surface area contributed by atoms with E-state index in [2.05, 4.69) is 36.8 Å². The van der Waals surface area contributed by atoms with Crippen LogP contribution in [0.3, 0.4) is 0 Å². The van der Waals surface area contributed by atoms with Crippen LogP contribution in [0, 0.1) is 0 Å². The maximum Gasteiger partial charge on any atom is 0.286 e. The highest BCUT2D eigenvalue weighted by Crippen LogP contribution is 2.19. The van der Waals surface area contributed by atoms with Crippen LogP contribution in [0.2, 0.25) is 0 Å². The second kappa shape index (κ2) is 5.92. The van der Waals surface area contributed by atoms with E-state index in [0.717, 1.165) is 16.7 Å². The molecule has 2 aromatic rings. The van der Waals surface area contributed by atoms with E-state index in [-0.39, 0.29) is 5.91 Å². The minimum atomic E-state index is -0.255. The molecule has 1 heterocycles. The lowest BCUT2D eigenvalue weighted by atomic mass is 10.3. The molecule has 5 nitrogen and oxygen atoms in total. The molecule has 1 aromatic carbocycles. The molecule has 2 N–H and O–H groups in total. The number of hydrogen-bond acceptors (Lipinski definition) is 5. The Bertz CT molecular complexity index is 557. The molecular weight excluding hydrogens is 316 g/mol. The van der Waals surface area contributed by atoms with Crippen molar-refractivity contribution in [3.05, 3.63) is 33.7 Å². The van der Waals surface area contributed by atoms with Crippen LogP contribution < -0.4 is 10.6 Å². The number of nitrogens with zero attached hydrogens (tertiary/aromatic N) is 2. The summed E-state index contributed by atoms with van der Waals surface area (Å²) in [5, 5.41) is 14.5. The number of hydrogen-bond donors (Lipinski definition) is 2. The predicted octanol–water partition coefficient (Wildman–Crippen LogP) is 2.98. The first kappa shape index (κ1) is 13.0. The number of rotatable bonds is 4. The topological polar surface area (TPSA) is 66.9 Å². The van der Waals surface area contributed by atoms with Crippen LogP contribution in [0.25, 0.3) is 0 Å². The fourth-order valence-corrected chi connectivity index (χ4v) is 2.39. The molecule has 94 valence electrons. The highest BCUT2D eigenvalue weighted by atomic mass is 79.9. The Morgan fingerprint density at radius 2 is 2.28 bits per heavy atom. The van der Waals surface area contributed by atoms with Crippen molar-refractivity contribution in [2.24, 2.45) is 0 Å². The van der Waals surface area contributed by atoms with Gasteiger partial charge in [0.2, 0.25) is 10.1 Å². The van der Waals surface area contributed by atoms with Crippen LogP contribution in [0.5, 0.6) is 0 Å². The van der Waals surface area contributed by atoms with Crippen molar-refractivity contribution in [1.29, 1.82) is 0 Å². The Morgan fingerprint density at radius 3 is 3.00 bits per heavy atom. The number of benzene rings is 1. The summed E-state index contributed by atoms with van der Waals surface area (Å²) in [6.45, 7) is 2.71. The summed E-state index contributed by atoms with van der Waals surface area (Å²) in [5.74, 6) is -0.255. The molecule has 0 radical (unpaired) electrons. The predicted molar refractivity (Wildman–Crippen MR) is 76.2 cm³/mol. The van der Waals surface area contributed by atoms with Gasteiger partial charge in [0.1, 0.15) is 0 Å². The molecular formula is C11H11BrN4OS. The van der Waals surface area contributed by atoms with Gasteiger partial charge in [0, 0.05) is 16.7 Å². The van der Waals surface area contributed by atoms with Crippen molar-refractivity contribution in [3.63, 3.8) is 0 Å². The molecule has 0 fully saturated rings. The van der Waals surface area contributed by atoms with Crippen molar-refractivity contribution in [2.75, 3.05) is 17.2 Å². The number of carbonyl (C=O) groups is 1. The molecule has 7 heteroatoms. The lowest BCUT2D eigenvalue weighted by Gasteiger charge is -2.02. The minimum absolute atomic E-state index is 0.255. The molecule has 0 bridgehead atoms. The molecule has 0 saturated carbocycles. The van der Waals surface area contributed by atoms with Crippen molar-refractivity contribution in [3.8, 4) is 0 Å². The summed E-state index contributed by atoms with van der Waals surface area (Å²) in [6, 6.07) is 7.38. The Kier molecular flexibility index (Phi) is 4.27. The van der Waals surface area contributed by atoms with Crippen molar-refractivity contribution in [2.45, 2.75) is 6.92 Å².